The van der Waals surface area contributed by atoms with E-state index in [1.165, 1.54) is 4.88 Å². The maximum absolute atomic E-state index is 13.3. The molecule has 0 bridgehead atoms. The van der Waals surface area contributed by atoms with Crippen LogP contribution in [0.5, 0.6) is 0 Å². The van der Waals surface area contributed by atoms with Gasteiger partial charge < -0.3 is 14.5 Å². The van der Waals surface area contributed by atoms with Crippen LogP contribution in [0.4, 0.5) is 10.7 Å². The van der Waals surface area contributed by atoms with Gasteiger partial charge in [-0.15, -0.1) is 11.3 Å². The van der Waals surface area contributed by atoms with Gasteiger partial charge in [0.15, 0.2) is 0 Å². The van der Waals surface area contributed by atoms with Gasteiger partial charge in [0.25, 0.3) is 5.91 Å². The molecule has 1 aliphatic rings. The Morgan fingerprint density at radius 1 is 1.08 bits per heavy atom. The molecule has 1 N–H and O–H groups in total. The van der Waals surface area contributed by atoms with Gasteiger partial charge in [-0.25, -0.2) is 9.79 Å². The lowest BCUT2D eigenvalue weighted by Crippen LogP contribution is -2.14. The summed E-state index contributed by atoms with van der Waals surface area (Å²) in [4.78, 5) is 31.9. The van der Waals surface area contributed by atoms with Crippen molar-refractivity contribution in [3.8, 4) is 11.3 Å². The van der Waals surface area contributed by atoms with E-state index >= 15 is 0 Å². The molecule has 2 aromatic heterocycles. The van der Waals surface area contributed by atoms with Crippen molar-refractivity contribution < 1.29 is 18.7 Å². The lowest BCUT2D eigenvalue weighted by molar-refractivity contribution is 0.0378. The topological polar surface area (TPSA) is 80.9 Å². The highest BCUT2D eigenvalue weighted by atomic mass is 35.5. The standard InChI is InChI=1S/C30H27ClN2O4S/c1-18(2)36-30(35)22-14-12-19(31)16-24(22)25-15-13-21(37-25)17-32-29-27(23-10-6-7-11-26(23)38-29)28(34)33-20-8-4-3-5-9-20/h3-5,8-9,12-18H,6-7,10-11H2,1-2H3,(H,33,34). The van der Waals surface area contributed by atoms with Crippen LogP contribution >= 0.6 is 22.9 Å². The van der Waals surface area contributed by atoms with Gasteiger partial charge >= 0.3 is 5.97 Å². The molecule has 0 radical (unpaired) electrons. The van der Waals surface area contributed by atoms with Gasteiger partial charge in [-0.1, -0.05) is 29.8 Å². The van der Waals surface area contributed by atoms with E-state index in [-0.39, 0.29) is 12.0 Å². The van der Waals surface area contributed by atoms with Gasteiger partial charge in [0.1, 0.15) is 16.5 Å². The second-order valence-corrected chi connectivity index (χ2v) is 10.8. The molecule has 1 amide bonds. The molecule has 38 heavy (non-hydrogen) atoms. The van der Waals surface area contributed by atoms with Crippen LogP contribution in [0.2, 0.25) is 5.02 Å². The molecule has 0 saturated carbocycles. The van der Waals surface area contributed by atoms with Crippen LogP contribution in [0, 0.1) is 0 Å². The molecule has 194 valence electrons. The van der Waals surface area contributed by atoms with E-state index in [2.05, 4.69) is 10.3 Å². The number of amides is 1. The number of rotatable bonds is 7. The van der Waals surface area contributed by atoms with Crippen LogP contribution in [-0.2, 0) is 17.6 Å². The highest BCUT2D eigenvalue weighted by molar-refractivity contribution is 7.16. The summed E-state index contributed by atoms with van der Waals surface area (Å²) in [5.74, 6) is 0.354. The predicted octanol–water partition coefficient (Wildman–Crippen LogP) is 8.11. The number of carbonyl (C=O) groups is 2. The average Bonchev–Trinajstić information content (AvgIpc) is 3.52. The first-order chi connectivity index (χ1) is 18.4. The van der Waals surface area contributed by atoms with Gasteiger partial charge in [-0.3, -0.25) is 4.79 Å². The normalized spacial score (nSPS) is 13.1. The molecular formula is C30H27ClN2O4S. The minimum atomic E-state index is -0.448. The minimum absolute atomic E-state index is 0.157. The molecule has 0 atom stereocenters. The number of ether oxygens (including phenoxy) is 1. The number of anilines is 1. The smallest absolute Gasteiger partial charge is 0.339 e. The molecule has 0 unspecified atom stereocenters. The maximum Gasteiger partial charge on any atom is 0.339 e. The molecule has 0 saturated heterocycles. The molecule has 8 heteroatoms. The van der Waals surface area contributed by atoms with Crippen LogP contribution in [0.3, 0.4) is 0 Å². The fourth-order valence-corrected chi connectivity index (χ4v) is 5.86. The van der Waals surface area contributed by atoms with Gasteiger partial charge in [-0.05, 0) is 87.6 Å². The van der Waals surface area contributed by atoms with E-state index in [0.29, 0.717) is 38.2 Å². The molecule has 5 rings (SSSR count). The lowest BCUT2D eigenvalue weighted by Gasteiger charge is -2.12. The van der Waals surface area contributed by atoms with Crippen LogP contribution in [0.15, 0.2) is 70.1 Å². The Morgan fingerprint density at radius 2 is 1.87 bits per heavy atom. The number of para-hydroxylation sites is 1. The summed E-state index contributed by atoms with van der Waals surface area (Å²) in [6.45, 7) is 3.59. The van der Waals surface area contributed by atoms with Crippen molar-refractivity contribution in [3.63, 3.8) is 0 Å². The maximum atomic E-state index is 13.3. The molecule has 6 nitrogen and oxygen atoms in total. The highest BCUT2D eigenvalue weighted by Crippen LogP contribution is 2.40. The number of fused-ring (bicyclic) bond motifs is 1. The number of nitrogens with one attached hydrogen (secondary N) is 1. The minimum Gasteiger partial charge on any atom is -0.459 e. The number of esters is 1. The summed E-state index contributed by atoms with van der Waals surface area (Å²) < 4.78 is 11.4. The van der Waals surface area contributed by atoms with Gasteiger partial charge in [0, 0.05) is 21.2 Å². The van der Waals surface area contributed by atoms with Crippen molar-refractivity contribution in [1.29, 1.82) is 0 Å². The Bertz CT molecular complexity index is 1500. The van der Waals surface area contributed by atoms with Crippen LogP contribution in [-0.4, -0.2) is 24.2 Å². The Balaban J connectivity index is 1.44. The van der Waals surface area contributed by atoms with E-state index < -0.39 is 5.97 Å². The Labute approximate surface area is 230 Å². The molecule has 2 heterocycles. The second kappa shape index (κ2) is 11.4. The van der Waals surface area contributed by atoms with Gasteiger partial charge in [0.2, 0.25) is 0 Å². The zero-order valence-corrected chi connectivity index (χ0v) is 22.7. The number of halogens is 1. The molecular weight excluding hydrogens is 520 g/mol. The highest BCUT2D eigenvalue weighted by Gasteiger charge is 2.25. The van der Waals surface area contributed by atoms with Crippen molar-refractivity contribution in [2.75, 3.05) is 5.32 Å². The Hall–Kier alpha value is -3.68. The SMILES string of the molecule is CC(C)OC(=O)c1ccc(Cl)cc1-c1ccc(C=Nc2sc3c(c2C(=O)Nc2ccccc2)CCCC3)o1. The third kappa shape index (κ3) is 5.74. The second-order valence-electron chi connectivity index (χ2n) is 9.32. The molecule has 0 aliphatic heterocycles. The summed E-state index contributed by atoms with van der Waals surface area (Å²) in [5, 5.41) is 4.15. The number of nitrogens with zero attached hydrogens (tertiary/aromatic N) is 1. The largest absolute Gasteiger partial charge is 0.459 e. The number of thiophene rings is 1. The zero-order valence-electron chi connectivity index (χ0n) is 21.1. The van der Waals surface area contributed by atoms with E-state index in [0.717, 1.165) is 36.9 Å². The van der Waals surface area contributed by atoms with Crippen molar-refractivity contribution in [3.05, 3.63) is 93.0 Å². The number of carbonyl (C=O) groups excluding carboxylic acids is 2. The first kappa shape index (κ1) is 25.9. The van der Waals surface area contributed by atoms with Crippen molar-refractivity contribution in [2.24, 2.45) is 4.99 Å². The first-order valence-electron chi connectivity index (χ1n) is 12.5. The summed E-state index contributed by atoms with van der Waals surface area (Å²) in [6.07, 6.45) is 5.34. The van der Waals surface area contributed by atoms with Gasteiger partial charge in [-0.2, -0.15) is 0 Å². The average molecular weight is 547 g/mol. The number of benzene rings is 2. The quantitative estimate of drug-likeness (QED) is 0.187. The van der Waals surface area contributed by atoms with Gasteiger partial charge in [0.05, 0.1) is 23.4 Å². The summed E-state index contributed by atoms with van der Waals surface area (Å²) >= 11 is 7.78. The molecule has 4 aromatic rings. The Kier molecular flexibility index (Phi) is 7.77. The molecule has 2 aromatic carbocycles. The van der Waals surface area contributed by atoms with E-state index in [1.807, 2.05) is 30.3 Å². The number of aliphatic imine (C=N–C) groups is 1. The van der Waals surface area contributed by atoms with Crippen molar-refractivity contribution in [2.45, 2.75) is 45.6 Å². The van der Waals surface area contributed by atoms with E-state index in [9.17, 15) is 9.59 Å². The summed E-state index contributed by atoms with van der Waals surface area (Å²) in [6, 6.07) is 17.9. The number of aryl methyl sites for hydroxylation is 1. The molecule has 0 spiro atoms. The first-order valence-corrected chi connectivity index (χ1v) is 13.7. The van der Waals surface area contributed by atoms with Crippen LogP contribution in [0.25, 0.3) is 11.3 Å². The third-order valence-electron chi connectivity index (χ3n) is 6.16. The van der Waals surface area contributed by atoms with E-state index in [4.69, 9.17) is 20.8 Å². The summed E-state index contributed by atoms with van der Waals surface area (Å²) in [7, 11) is 0. The zero-order chi connectivity index (χ0) is 26.6. The fourth-order valence-electron chi connectivity index (χ4n) is 4.46. The fraction of sp³-hybridized carbons (Fsp3) is 0.233. The van der Waals surface area contributed by atoms with Crippen LogP contribution in [0.1, 0.15) is 63.6 Å². The lowest BCUT2D eigenvalue weighted by atomic mass is 9.95. The third-order valence-corrected chi connectivity index (χ3v) is 7.59. The predicted molar refractivity (Wildman–Crippen MR) is 152 cm³/mol. The summed E-state index contributed by atoms with van der Waals surface area (Å²) in [5.41, 5.74) is 3.37. The van der Waals surface area contributed by atoms with Crippen molar-refractivity contribution in [1.82, 2.24) is 0 Å². The molecule has 0 fully saturated rings. The number of hydrogen-bond acceptors (Lipinski definition) is 6. The number of hydrogen-bond donors (Lipinski definition) is 1. The Morgan fingerprint density at radius 3 is 2.66 bits per heavy atom. The van der Waals surface area contributed by atoms with Crippen molar-refractivity contribution >= 4 is 51.7 Å². The molecule has 1 aliphatic carbocycles. The van der Waals surface area contributed by atoms with Crippen LogP contribution < -0.4 is 5.32 Å². The van der Waals surface area contributed by atoms with E-state index in [1.54, 1.807) is 61.7 Å². The monoisotopic (exact) mass is 546 g/mol. The number of furan rings is 1.